The fraction of sp³-hybridized carbons (Fsp3) is 0.412. The zero-order valence-corrected chi connectivity index (χ0v) is 14.3. The highest BCUT2D eigenvalue weighted by Crippen LogP contribution is 2.50. The molecule has 1 aromatic carbocycles. The van der Waals surface area contributed by atoms with Gasteiger partial charge in [-0.1, -0.05) is 0 Å². The SMILES string of the molecule is FC(F)(F)Sc1ccc2c(c1)[C@H]1OCCC[C@H]1[C@H](c1ccsc1)N2. The van der Waals surface area contributed by atoms with Crippen LogP contribution < -0.4 is 5.32 Å². The summed E-state index contributed by atoms with van der Waals surface area (Å²) in [6.07, 6.45) is 1.85. The van der Waals surface area contributed by atoms with Gasteiger partial charge >= 0.3 is 5.51 Å². The van der Waals surface area contributed by atoms with Crippen LogP contribution in [0.4, 0.5) is 18.9 Å². The maximum atomic E-state index is 12.7. The standard InChI is InChI=1S/C17H16F3NOS2/c18-17(19,20)24-11-3-4-14-13(8-11)16-12(2-1-6-22-16)15(21-14)10-5-7-23-9-10/h3-5,7-9,12,15-16,21H,1-2,6H2/t12-,15-,16-/m0/s1. The second-order valence-electron chi connectivity index (χ2n) is 6.07. The van der Waals surface area contributed by atoms with E-state index in [-0.39, 0.29) is 34.7 Å². The first-order valence-electron chi connectivity index (χ1n) is 7.81. The van der Waals surface area contributed by atoms with E-state index in [9.17, 15) is 13.2 Å². The number of thioether (sulfide) groups is 1. The van der Waals surface area contributed by atoms with Crippen LogP contribution in [0.1, 0.15) is 36.1 Å². The highest BCUT2D eigenvalue weighted by atomic mass is 32.2. The minimum absolute atomic E-state index is 0.0702. The molecule has 7 heteroatoms. The quantitative estimate of drug-likeness (QED) is 0.655. The van der Waals surface area contributed by atoms with Gasteiger partial charge in [0.1, 0.15) is 0 Å². The van der Waals surface area contributed by atoms with Gasteiger partial charge in [0.25, 0.3) is 0 Å². The van der Waals surface area contributed by atoms with E-state index in [1.807, 2.05) is 5.38 Å². The summed E-state index contributed by atoms with van der Waals surface area (Å²) in [5, 5.41) is 7.70. The summed E-state index contributed by atoms with van der Waals surface area (Å²) in [6.45, 7) is 0.660. The van der Waals surface area contributed by atoms with Crippen LogP contribution in [0.25, 0.3) is 0 Å². The second-order valence-corrected chi connectivity index (χ2v) is 7.99. The van der Waals surface area contributed by atoms with Gasteiger partial charge in [-0.25, -0.2) is 0 Å². The van der Waals surface area contributed by atoms with Crippen molar-refractivity contribution in [1.82, 2.24) is 0 Å². The zero-order valence-electron chi connectivity index (χ0n) is 12.7. The van der Waals surface area contributed by atoms with E-state index in [1.165, 1.54) is 11.6 Å². The summed E-state index contributed by atoms with van der Waals surface area (Å²) in [5.74, 6) is 0.243. The Labute approximate surface area is 146 Å². The van der Waals surface area contributed by atoms with Crippen LogP contribution in [-0.2, 0) is 4.74 Å². The number of alkyl halides is 3. The molecule has 128 valence electrons. The highest BCUT2D eigenvalue weighted by molar-refractivity contribution is 8.00. The van der Waals surface area contributed by atoms with Crippen molar-refractivity contribution in [3.05, 3.63) is 46.2 Å². The lowest BCUT2D eigenvalue weighted by Crippen LogP contribution is -2.35. The molecule has 2 aliphatic heterocycles. The van der Waals surface area contributed by atoms with E-state index in [2.05, 4.69) is 16.8 Å². The first kappa shape index (κ1) is 16.3. The van der Waals surface area contributed by atoms with Crippen LogP contribution in [0.3, 0.4) is 0 Å². The van der Waals surface area contributed by atoms with Crippen molar-refractivity contribution in [1.29, 1.82) is 0 Å². The Bertz CT molecular complexity index is 717. The Kier molecular flexibility index (Phi) is 4.26. The molecule has 0 spiro atoms. The minimum atomic E-state index is -4.28. The molecular weight excluding hydrogens is 355 g/mol. The number of rotatable bonds is 2. The van der Waals surface area contributed by atoms with Crippen molar-refractivity contribution in [2.75, 3.05) is 11.9 Å². The molecule has 0 aliphatic carbocycles. The Hall–Kier alpha value is -1.18. The lowest BCUT2D eigenvalue weighted by molar-refractivity contribution is -0.0384. The molecular formula is C17H16F3NOS2. The number of halogens is 3. The van der Waals surface area contributed by atoms with Gasteiger partial charge in [0.2, 0.25) is 0 Å². The molecule has 0 saturated carbocycles. The maximum Gasteiger partial charge on any atom is 0.446 e. The first-order valence-corrected chi connectivity index (χ1v) is 9.57. The second kappa shape index (κ2) is 6.28. The molecule has 2 aromatic rings. The van der Waals surface area contributed by atoms with Crippen molar-refractivity contribution in [2.24, 2.45) is 5.92 Å². The molecule has 3 atom stereocenters. The van der Waals surface area contributed by atoms with Crippen LogP contribution in [0.2, 0.25) is 0 Å². The van der Waals surface area contributed by atoms with E-state index >= 15 is 0 Å². The number of benzene rings is 1. The molecule has 4 rings (SSSR count). The van der Waals surface area contributed by atoms with E-state index in [0.29, 0.717) is 6.61 Å². The average Bonchev–Trinajstić information content (AvgIpc) is 3.07. The summed E-state index contributed by atoms with van der Waals surface area (Å²) >= 11 is 1.58. The van der Waals surface area contributed by atoms with Gasteiger partial charge in [-0.15, -0.1) is 0 Å². The Morgan fingerprint density at radius 1 is 1.25 bits per heavy atom. The third kappa shape index (κ3) is 3.17. The van der Waals surface area contributed by atoms with Crippen molar-refractivity contribution in [2.45, 2.75) is 35.4 Å². The van der Waals surface area contributed by atoms with Crippen LogP contribution in [0.5, 0.6) is 0 Å². The van der Waals surface area contributed by atoms with E-state index in [4.69, 9.17) is 4.74 Å². The molecule has 24 heavy (non-hydrogen) atoms. The number of fused-ring (bicyclic) bond motifs is 3. The lowest BCUT2D eigenvalue weighted by atomic mass is 9.78. The summed E-state index contributed by atoms with van der Waals surface area (Å²) in [4.78, 5) is 0.213. The smallest absolute Gasteiger partial charge is 0.378 e. The molecule has 1 saturated heterocycles. The van der Waals surface area contributed by atoms with Crippen molar-refractivity contribution in [3.63, 3.8) is 0 Å². The molecule has 2 aliphatic rings. The van der Waals surface area contributed by atoms with Crippen LogP contribution in [0, 0.1) is 5.92 Å². The predicted octanol–water partition coefficient (Wildman–Crippen LogP) is 5.99. The normalized spacial score (nSPS) is 26.4. The summed E-state index contributed by atoms with van der Waals surface area (Å²) in [7, 11) is 0. The van der Waals surface area contributed by atoms with Gasteiger partial charge in [-0.2, -0.15) is 24.5 Å². The number of hydrogen-bond donors (Lipinski definition) is 1. The van der Waals surface area contributed by atoms with Crippen LogP contribution in [0.15, 0.2) is 39.9 Å². The fourth-order valence-corrected chi connectivity index (χ4v) is 4.91. The van der Waals surface area contributed by atoms with Crippen molar-refractivity contribution >= 4 is 28.8 Å². The zero-order chi connectivity index (χ0) is 16.7. The number of hydrogen-bond acceptors (Lipinski definition) is 4. The first-order chi connectivity index (χ1) is 11.5. The monoisotopic (exact) mass is 371 g/mol. The Morgan fingerprint density at radius 2 is 2.12 bits per heavy atom. The number of anilines is 1. The van der Waals surface area contributed by atoms with Gasteiger partial charge in [0.05, 0.1) is 12.1 Å². The molecule has 0 unspecified atom stereocenters. The highest BCUT2D eigenvalue weighted by Gasteiger charge is 2.40. The fourth-order valence-electron chi connectivity index (χ4n) is 3.63. The molecule has 0 amide bonds. The minimum Gasteiger partial charge on any atom is -0.378 e. The van der Waals surface area contributed by atoms with Gasteiger partial charge in [-0.3, -0.25) is 0 Å². The largest absolute Gasteiger partial charge is 0.446 e. The average molecular weight is 371 g/mol. The van der Waals surface area contributed by atoms with Gasteiger partial charge in [0.15, 0.2) is 0 Å². The molecule has 2 nitrogen and oxygen atoms in total. The number of ether oxygens (including phenoxy) is 1. The van der Waals surface area contributed by atoms with Gasteiger partial charge in [-0.05, 0) is 65.2 Å². The van der Waals surface area contributed by atoms with Crippen LogP contribution >= 0.6 is 23.1 Å². The van der Waals surface area contributed by atoms with Crippen LogP contribution in [-0.4, -0.2) is 12.1 Å². The van der Waals surface area contributed by atoms with Gasteiger partial charge in [0, 0.05) is 28.7 Å². The topological polar surface area (TPSA) is 21.3 Å². The van der Waals surface area contributed by atoms with E-state index in [0.717, 1.165) is 24.1 Å². The Balaban J connectivity index is 1.71. The third-order valence-electron chi connectivity index (χ3n) is 4.57. The summed E-state index contributed by atoms with van der Waals surface area (Å²) in [5.41, 5.74) is -1.33. The predicted molar refractivity (Wildman–Crippen MR) is 90.5 cm³/mol. The lowest BCUT2D eigenvalue weighted by Gasteiger charge is -2.43. The maximum absolute atomic E-state index is 12.7. The van der Waals surface area contributed by atoms with Gasteiger partial charge < -0.3 is 10.1 Å². The van der Waals surface area contributed by atoms with Crippen molar-refractivity contribution in [3.8, 4) is 0 Å². The molecule has 1 fully saturated rings. The summed E-state index contributed by atoms with van der Waals surface area (Å²) < 4.78 is 44.0. The molecule has 1 N–H and O–H groups in total. The summed E-state index contributed by atoms with van der Waals surface area (Å²) in [6, 6.07) is 7.16. The Morgan fingerprint density at radius 3 is 2.88 bits per heavy atom. The third-order valence-corrected chi connectivity index (χ3v) is 6.00. The molecule has 0 bridgehead atoms. The van der Waals surface area contributed by atoms with Crippen molar-refractivity contribution < 1.29 is 17.9 Å². The molecule has 1 aromatic heterocycles. The number of nitrogens with one attached hydrogen (secondary N) is 1. The molecule has 3 heterocycles. The number of thiophene rings is 1. The van der Waals surface area contributed by atoms with E-state index < -0.39 is 5.51 Å². The molecule has 0 radical (unpaired) electrons. The van der Waals surface area contributed by atoms with E-state index in [1.54, 1.807) is 23.5 Å².